The number of benzene rings is 2. The molecule has 0 aliphatic carbocycles. The zero-order chi connectivity index (χ0) is 18.9. The maximum atomic E-state index is 5.97. The monoisotopic (exact) mass is 483 g/mol. The number of nitrogens with one attached hydrogen (secondary N) is 1. The molecular formula is C21H30IN3O2. The van der Waals surface area contributed by atoms with Crippen LogP contribution in [-0.4, -0.2) is 26.7 Å². The van der Waals surface area contributed by atoms with E-state index < -0.39 is 0 Å². The molecule has 3 N–H and O–H groups in total. The minimum Gasteiger partial charge on any atom is -0.493 e. The molecule has 0 aliphatic rings. The number of methoxy groups -OCH3 is 2. The van der Waals surface area contributed by atoms with Gasteiger partial charge in [-0.25, -0.2) is 0 Å². The average molecular weight is 483 g/mol. The Morgan fingerprint density at radius 2 is 1.70 bits per heavy atom. The van der Waals surface area contributed by atoms with E-state index in [0.29, 0.717) is 29.9 Å². The molecule has 2 aromatic rings. The lowest BCUT2D eigenvalue weighted by Gasteiger charge is -2.11. The van der Waals surface area contributed by atoms with Gasteiger partial charge < -0.3 is 20.5 Å². The molecule has 0 amide bonds. The number of hydrogen-bond donors (Lipinski definition) is 2. The highest BCUT2D eigenvalue weighted by molar-refractivity contribution is 14.0. The number of aryl methyl sites for hydroxylation is 1. The number of rotatable bonds is 8. The van der Waals surface area contributed by atoms with Crippen LogP contribution in [0.5, 0.6) is 11.5 Å². The maximum Gasteiger partial charge on any atom is 0.193 e. The number of ether oxygens (including phenoxy) is 2. The SMILES string of the molecule is COc1ccc(NC(N)=NCCCc2ccc(C(C)C)cc2)cc1OC.I. The minimum absolute atomic E-state index is 0. The highest BCUT2D eigenvalue weighted by Gasteiger charge is 2.05. The number of hydrogen-bond acceptors (Lipinski definition) is 3. The van der Waals surface area contributed by atoms with Crippen molar-refractivity contribution in [2.24, 2.45) is 10.7 Å². The van der Waals surface area contributed by atoms with Crippen LogP contribution in [0, 0.1) is 0 Å². The highest BCUT2D eigenvalue weighted by Crippen LogP contribution is 2.29. The molecule has 5 nitrogen and oxygen atoms in total. The zero-order valence-electron chi connectivity index (χ0n) is 16.5. The fourth-order valence-electron chi connectivity index (χ4n) is 2.65. The Morgan fingerprint density at radius 1 is 1.04 bits per heavy atom. The van der Waals surface area contributed by atoms with Crippen molar-refractivity contribution in [3.05, 3.63) is 53.6 Å². The summed E-state index contributed by atoms with van der Waals surface area (Å²) in [5.74, 6) is 2.29. The Labute approximate surface area is 179 Å². The van der Waals surface area contributed by atoms with Gasteiger partial charge in [-0.15, -0.1) is 24.0 Å². The van der Waals surface area contributed by atoms with Gasteiger partial charge in [-0.3, -0.25) is 4.99 Å². The van der Waals surface area contributed by atoms with Crippen LogP contribution in [-0.2, 0) is 6.42 Å². The third kappa shape index (κ3) is 7.28. The van der Waals surface area contributed by atoms with Gasteiger partial charge in [0, 0.05) is 18.3 Å². The lowest BCUT2D eigenvalue weighted by atomic mass is 10.0. The molecule has 6 heteroatoms. The van der Waals surface area contributed by atoms with Gasteiger partial charge in [-0.05, 0) is 42.0 Å². The number of aliphatic imine (C=N–C) groups is 1. The molecule has 0 spiro atoms. The molecule has 27 heavy (non-hydrogen) atoms. The first kappa shape index (κ1) is 23.1. The molecule has 0 unspecified atom stereocenters. The van der Waals surface area contributed by atoms with Gasteiger partial charge in [0.05, 0.1) is 14.2 Å². The molecular weight excluding hydrogens is 453 g/mol. The number of nitrogens with two attached hydrogens (primary N) is 1. The molecule has 0 radical (unpaired) electrons. The normalized spacial score (nSPS) is 11.1. The Balaban J connectivity index is 0.00000364. The van der Waals surface area contributed by atoms with Crippen LogP contribution < -0.4 is 20.5 Å². The summed E-state index contributed by atoms with van der Waals surface area (Å²) >= 11 is 0. The quantitative estimate of drug-likeness (QED) is 0.245. The fourth-order valence-corrected chi connectivity index (χ4v) is 2.65. The van der Waals surface area contributed by atoms with E-state index in [1.807, 2.05) is 18.2 Å². The Bertz CT molecular complexity index is 731. The lowest BCUT2D eigenvalue weighted by Crippen LogP contribution is -2.22. The molecule has 0 saturated carbocycles. The van der Waals surface area contributed by atoms with Gasteiger partial charge in [0.25, 0.3) is 0 Å². The molecule has 2 rings (SSSR count). The van der Waals surface area contributed by atoms with Crippen molar-refractivity contribution in [3.8, 4) is 11.5 Å². The second-order valence-corrected chi connectivity index (χ2v) is 6.46. The van der Waals surface area contributed by atoms with E-state index >= 15 is 0 Å². The van der Waals surface area contributed by atoms with Crippen molar-refractivity contribution < 1.29 is 9.47 Å². The van der Waals surface area contributed by atoms with Gasteiger partial charge in [0.2, 0.25) is 0 Å². The third-order valence-corrected chi connectivity index (χ3v) is 4.21. The van der Waals surface area contributed by atoms with Crippen molar-refractivity contribution in [3.63, 3.8) is 0 Å². The minimum atomic E-state index is 0. The van der Waals surface area contributed by atoms with Gasteiger partial charge in [0.1, 0.15) is 0 Å². The van der Waals surface area contributed by atoms with Crippen LogP contribution in [0.2, 0.25) is 0 Å². The van der Waals surface area contributed by atoms with E-state index in [1.165, 1.54) is 11.1 Å². The molecule has 0 atom stereocenters. The summed E-state index contributed by atoms with van der Waals surface area (Å²) < 4.78 is 10.5. The second-order valence-electron chi connectivity index (χ2n) is 6.46. The molecule has 0 bridgehead atoms. The van der Waals surface area contributed by atoms with E-state index in [1.54, 1.807) is 14.2 Å². The van der Waals surface area contributed by atoms with Crippen molar-refractivity contribution in [1.82, 2.24) is 0 Å². The van der Waals surface area contributed by atoms with Crippen molar-refractivity contribution in [1.29, 1.82) is 0 Å². The summed E-state index contributed by atoms with van der Waals surface area (Å²) in [5.41, 5.74) is 9.48. The van der Waals surface area contributed by atoms with Gasteiger partial charge in [-0.1, -0.05) is 38.1 Å². The summed E-state index contributed by atoms with van der Waals surface area (Å²) in [7, 11) is 3.21. The van der Waals surface area contributed by atoms with Crippen molar-refractivity contribution >= 4 is 35.6 Å². The first-order chi connectivity index (χ1) is 12.5. The summed E-state index contributed by atoms with van der Waals surface area (Å²) in [6.45, 7) is 5.09. The van der Waals surface area contributed by atoms with Gasteiger partial charge in [0.15, 0.2) is 17.5 Å². The van der Waals surface area contributed by atoms with Crippen LogP contribution in [0.4, 0.5) is 5.69 Å². The summed E-state index contributed by atoms with van der Waals surface area (Å²) in [6, 6.07) is 14.3. The van der Waals surface area contributed by atoms with E-state index in [4.69, 9.17) is 15.2 Å². The lowest BCUT2D eigenvalue weighted by molar-refractivity contribution is 0.355. The van der Waals surface area contributed by atoms with Gasteiger partial charge in [-0.2, -0.15) is 0 Å². The number of guanidine groups is 1. The molecule has 0 fully saturated rings. The summed E-state index contributed by atoms with van der Waals surface area (Å²) in [4.78, 5) is 4.39. The van der Waals surface area contributed by atoms with E-state index in [-0.39, 0.29) is 24.0 Å². The predicted molar refractivity (Wildman–Crippen MR) is 124 cm³/mol. The molecule has 148 valence electrons. The Hall–Kier alpha value is -1.96. The first-order valence-corrected chi connectivity index (χ1v) is 8.91. The average Bonchev–Trinajstić information content (AvgIpc) is 2.65. The fraction of sp³-hybridized carbons (Fsp3) is 0.381. The third-order valence-electron chi connectivity index (χ3n) is 4.21. The molecule has 0 aromatic heterocycles. The zero-order valence-corrected chi connectivity index (χ0v) is 18.8. The molecule has 2 aromatic carbocycles. The van der Waals surface area contributed by atoms with E-state index in [2.05, 4.69) is 48.4 Å². The molecule has 0 saturated heterocycles. The largest absolute Gasteiger partial charge is 0.493 e. The highest BCUT2D eigenvalue weighted by atomic mass is 127. The maximum absolute atomic E-state index is 5.97. The van der Waals surface area contributed by atoms with Crippen LogP contribution in [0.15, 0.2) is 47.5 Å². The Morgan fingerprint density at radius 3 is 2.30 bits per heavy atom. The smallest absolute Gasteiger partial charge is 0.193 e. The number of halogens is 1. The number of anilines is 1. The number of nitrogens with zero attached hydrogens (tertiary/aromatic N) is 1. The second kappa shape index (κ2) is 11.7. The topological polar surface area (TPSA) is 68.9 Å². The Kier molecular flexibility index (Phi) is 9.99. The summed E-state index contributed by atoms with van der Waals surface area (Å²) in [6.07, 6.45) is 1.95. The standard InChI is InChI=1S/C21H29N3O2.HI/c1-15(2)17-9-7-16(8-10-17)6-5-13-23-21(22)24-18-11-12-19(25-3)20(14-18)26-4;/h7-12,14-15H,5-6,13H2,1-4H3,(H3,22,23,24);1H. The van der Waals surface area contributed by atoms with Crippen LogP contribution in [0.1, 0.15) is 37.3 Å². The van der Waals surface area contributed by atoms with E-state index in [0.717, 1.165) is 18.5 Å². The molecule has 0 heterocycles. The van der Waals surface area contributed by atoms with Crippen LogP contribution >= 0.6 is 24.0 Å². The van der Waals surface area contributed by atoms with Crippen LogP contribution in [0.25, 0.3) is 0 Å². The van der Waals surface area contributed by atoms with Crippen LogP contribution in [0.3, 0.4) is 0 Å². The first-order valence-electron chi connectivity index (χ1n) is 8.91. The van der Waals surface area contributed by atoms with Crippen molar-refractivity contribution in [2.45, 2.75) is 32.6 Å². The predicted octanol–water partition coefficient (Wildman–Crippen LogP) is 4.80. The van der Waals surface area contributed by atoms with Gasteiger partial charge >= 0.3 is 0 Å². The molecule has 0 aliphatic heterocycles. The van der Waals surface area contributed by atoms with E-state index in [9.17, 15) is 0 Å². The van der Waals surface area contributed by atoms with Crippen molar-refractivity contribution in [2.75, 3.05) is 26.1 Å². The summed E-state index contributed by atoms with van der Waals surface area (Å²) in [5, 5.41) is 3.08.